The molecule has 4 heteroatoms. The Hall–Kier alpha value is -1.10. The highest BCUT2D eigenvalue weighted by molar-refractivity contribution is 5.42. The van der Waals surface area contributed by atoms with Crippen LogP contribution in [0.2, 0.25) is 0 Å². The third-order valence-electron chi connectivity index (χ3n) is 3.47. The predicted molar refractivity (Wildman–Crippen MR) is 76.9 cm³/mol. The van der Waals surface area contributed by atoms with Gasteiger partial charge in [-0.3, -0.25) is 0 Å². The van der Waals surface area contributed by atoms with E-state index in [0.29, 0.717) is 0 Å². The second-order valence-electron chi connectivity index (χ2n) is 5.05. The topological polar surface area (TPSA) is 48.6 Å². The molecule has 1 fully saturated rings. The molecule has 0 spiro atoms. The average Bonchev–Trinajstić information content (AvgIpc) is 2.93. The normalized spacial score (nSPS) is 18.4. The van der Waals surface area contributed by atoms with E-state index in [1.807, 2.05) is 18.2 Å². The van der Waals surface area contributed by atoms with Gasteiger partial charge >= 0.3 is 0 Å². The Bertz CT molecular complexity index is 354. The zero-order chi connectivity index (χ0) is 13.3. The van der Waals surface area contributed by atoms with Gasteiger partial charge in [0.2, 0.25) is 0 Å². The summed E-state index contributed by atoms with van der Waals surface area (Å²) in [6.45, 7) is 5.11. The highest BCUT2D eigenvalue weighted by atomic mass is 16.3. The van der Waals surface area contributed by atoms with Crippen LogP contribution in [0.5, 0.6) is 0 Å². The molecule has 0 bridgehead atoms. The molecule has 106 valence electrons. The summed E-state index contributed by atoms with van der Waals surface area (Å²) < 4.78 is 5.21. The van der Waals surface area contributed by atoms with Crippen LogP contribution in [0, 0.1) is 0 Å². The molecule has 1 aliphatic rings. The molecule has 1 saturated heterocycles. The lowest BCUT2D eigenvalue weighted by Crippen LogP contribution is -2.37. The summed E-state index contributed by atoms with van der Waals surface area (Å²) >= 11 is 0. The van der Waals surface area contributed by atoms with Gasteiger partial charge in [0.25, 0.3) is 0 Å². The van der Waals surface area contributed by atoms with Gasteiger partial charge in [0.15, 0.2) is 0 Å². The van der Waals surface area contributed by atoms with Crippen LogP contribution in [0.4, 0.5) is 0 Å². The van der Waals surface area contributed by atoms with E-state index >= 15 is 0 Å². The number of hydrogen-bond acceptors (Lipinski definition) is 4. The minimum absolute atomic E-state index is 0.0684. The van der Waals surface area contributed by atoms with Crippen LogP contribution in [-0.4, -0.2) is 48.8 Å². The summed E-state index contributed by atoms with van der Waals surface area (Å²) in [5.74, 6) is 0.897. The smallest absolute Gasteiger partial charge is 0.126 e. The predicted octanol–water partition coefficient (Wildman–Crippen LogP) is 1.73. The van der Waals surface area contributed by atoms with E-state index in [9.17, 15) is 5.11 Å². The Morgan fingerprint density at radius 2 is 2.26 bits per heavy atom. The first kappa shape index (κ1) is 14.3. The van der Waals surface area contributed by atoms with Crippen molar-refractivity contribution in [2.75, 3.05) is 32.7 Å². The van der Waals surface area contributed by atoms with E-state index < -0.39 is 0 Å². The number of piperidine rings is 1. The van der Waals surface area contributed by atoms with Crippen molar-refractivity contribution in [2.24, 2.45) is 0 Å². The number of nitrogens with zero attached hydrogens (tertiary/aromatic N) is 1. The van der Waals surface area contributed by atoms with Crippen molar-refractivity contribution in [2.45, 2.75) is 25.4 Å². The molecule has 19 heavy (non-hydrogen) atoms. The van der Waals surface area contributed by atoms with E-state index in [2.05, 4.69) is 16.3 Å². The molecular weight excluding hydrogens is 240 g/mol. The molecule has 1 aromatic rings. The van der Waals surface area contributed by atoms with Crippen molar-refractivity contribution in [3.63, 3.8) is 0 Å². The molecular formula is C15H24N2O2. The number of nitrogens with one attached hydrogen (secondary N) is 1. The van der Waals surface area contributed by atoms with Crippen LogP contribution in [0.1, 0.15) is 25.0 Å². The van der Waals surface area contributed by atoms with Crippen molar-refractivity contribution in [3.05, 3.63) is 30.2 Å². The number of aliphatic hydroxyl groups is 1. The lowest BCUT2D eigenvalue weighted by molar-refractivity contribution is 0.0821. The summed E-state index contributed by atoms with van der Waals surface area (Å²) in [6, 6.07) is 3.84. The highest BCUT2D eigenvalue weighted by Crippen LogP contribution is 2.09. The largest absolute Gasteiger partial charge is 0.465 e. The first-order valence-electron chi connectivity index (χ1n) is 7.16. The van der Waals surface area contributed by atoms with E-state index in [0.717, 1.165) is 57.7 Å². The number of aliphatic hydroxyl groups excluding tert-OH is 1. The van der Waals surface area contributed by atoms with Gasteiger partial charge in [-0.1, -0.05) is 6.08 Å². The van der Waals surface area contributed by atoms with Crippen molar-refractivity contribution in [1.29, 1.82) is 0 Å². The minimum atomic E-state index is -0.0684. The number of rotatable bonds is 7. The Morgan fingerprint density at radius 3 is 3.00 bits per heavy atom. The van der Waals surface area contributed by atoms with Gasteiger partial charge < -0.3 is 19.7 Å². The molecule has 1 aliphatic heterocycles. The molecule has 2 heterocycles. The summed E-state index contributed by atoms with van der Waals surface area (Å²) in [6.07, 6.45) is 8.70. The number of furan rings is 1. The summed E-state index contributed by atoms with van der Waals surface area (Å²) in [5, 5.41) is 12.8. The fourth-order valence-electron chi connectivity index (χ4n) is 2.32. The van der Waals surface area contributed by atoms with Crippen molar-refractivity contribution < 1.29 is 9.52 Å². The third kappa shape index (κ3) is 5.59. The van der Waals surface area contributed by atoms with Crippen molar-refractivity contribution in [1.82, 2.24) is 10.2 Å². The van der Waals surface area contributed by atoms with E-state index in [-0.39, 0.29) is 6.10 Å². The second-order valence-corrected chi connectivity index (χ2v) is 5.05. The van der Waals surface area contributed by atoms with Gasteiger partial charge in [-0.2, -0.15) is 0 Å². The maximum Gasteiger partial charge on any atom is 0.126 e. The van der Waals surface area contributed by atoms with E-state index in [4.69, 9.17) is 4.42 Å². The molecule has 2 rings (SSSR count). The lowest BCUT2D eigenvalue weighted by Gasteiger charge is -2.29. The van der Waals surface area contributed by atoms with Gasteiger partial charge in [-0.15, -0.1) is 0 Å². The zero-order valence-electron chi connectivity index (χ0n) is 11.4. The van der Waals surface area contributed by atoms with Crippen molar-refractivity contribution >= 4 is 6.08 Å². The Kier molecular flexibility index (Phi) is 6.14. The Labute approximate surface area is 115 Å². The van der Waals surface area contributed by atoms with E-state index in [1.54, 1.807) is 6.26 Å². The van der Waals surface area contributed by atoms with Crippen LogP contribution in [0.3, 0.4) is 0 Å². The summed E-state index contributed by atoms with van der Waals surface area (Å²) in [5.41, 5.74) is 0. The SMILES string of the molecule is OC1CCN(CCCNC/C=C/c2ccco2)CC1. The van der Waals surface area contributed by atoms with Gasteiger partial charge in [-0.05, 0) is 50.6 Å². The van der Waals surface area contributed by atoms with Crippen LogP contribution in [0.15, 0.2) is 28.9 Å². The monoisotopic (exact) mass is 264 g/mol. The quantitative estimate of drug-likeness (QED) is 0.736. The van der Waals surface area contributed by atoms with Gasteiger partial charge in [0, 0.05) is 19.6 Å². The standard InChI is InChI=1S/C15H24N2O2/c18-14-6-11-17(12-7-14)10-3-9-16-8-1-4-15-5-2-13-19-15/h1-2,4-5,13-14,16,18H,3,6-12H2/b4-1+. The first-order valence-corrected chi connectivity index (χ1v) is 7.16. The maximum atomic E-state index is 9.42. The second kappa shape index (κ2) is 8.15. The van der Waals surface area contributed by atoms with Crippen LogP contribution < -0.4 is 5.32 Å². The molecule has 4 nitrogen and oxygen atoms in total. The molecule has 1 aromatic heterocycles. The van der Waals surface area contributed by atoms with Crippen LogP contribution >= 0.6 is 0 Å². The molecule has 0 saturated carbocycles. The Morgan fingerprint density at radius 1 is 1.42 bits per heavy atom. The van der Waals surface area contributed by atoms with Gasteiger partial charge in [0.1, 0.15) is 5.76 Å². The highest BCUT2D eigenvalue weighted by Gasteiger charge is 2.15. The fraction of sp³-hybridized carbons (Fsp3) is 0.600. The maximum absolute atomic E-state index is 9.42. The van der Waals surface area contributed by atoms with Crippen LogP contribution in [-0.2, 0) is 0 Å². The molecule has 0 aromatic carbocycles. The molecule has 0 atom stereocenters. The third-order valence-corrected chi connectivity index (χ3v) is 3.47. The number of likely N-dealkylation sites (tertiary alicyclic amines) is 1. The van der Waals surface area contributed by atoms with Crippen molar-refractivity contribution in [3.8, 4) is 0 Å². The molecule has 0 aliphatic carbocycles. The lowest BCUT2D eigenvalue weighted by atomic mass is 10.1. The minimum Gasteiger partial charge on any atom is -0.465 e. The van der Waals surface area contributed by atoms with E-state index in [1.165, 1.54) is 0 Å². The van der Waals surface area contributed by atoms with Crippen LogP contribution in [0.25, 0.3) is 6.08 Å². The first-order chi connectivity index (χ1) is 9.34. The molecule has 0 amide bonds. The fourth-order valence-corrected chi connectivity index (χ4v) is 2.32. The van der Waals surface area contributed by atoms with Gasteiger partial charge in [-0.25, -0.2) is 0 Å². The average molecular weight is 264 g/mol. The van der Waals surface area contributed by atoms with Gasteiger partial charge in [0.05, 0.1) is 12.4 Å². The summed E-state index contributed by atoms with van der Waals surface area (Å²) in [7, 11) is 0. The molecule has 0 unspecified atom stereocenters. The number of hydrogen-bond donors (Lipinski definition) is 2. The zero-order valence-corrected chi connectivity index (χ0v) is 11.4. The molecule has 2 N–H and O–H groups in total. The summed E-state index contributed by atoms with van der Waals surface area (Å²) in [4.78, 5) is 2.44. The Balaban J connectivity index is 1.46. The molecule has 0 radical (unpaired) electrons.